The standard InChI is InChI=1S/C19H19NO5/c21-15-4-1-12(2-5-15)7-8-20-18(24)10-14(19(20)25)9-13-3-6-16(22)11-17(13)23/h1-6,11,14,21-23H,7-10H2. The third-order valence-corrected chi connectivity index (χ3v) is 4.43. The van der Waals surface area contributed by atoms with Crippen LogP contribution in [-0.4, -0.2) is 38.6 Å². The average Bonchev–Trinajstić information content (AvgIpc) is 2.83. The van der Waals surface area contributed by atoms with Crippen molar-refractivity contribution in [3.63, 3.8) is 0 Å². The van der Waals surface area contributed by atoms with Gasteiger partial charge in [0.1, 0.15) is 17.2 Å². The second-order valence-corrected chi connectivity index (χ2v) is 6.22. The molecule has 1 unspecified atom stereocenters. The molecule has 1 aliphatic rings. The van der Waals surface area contributed by atoms with Gasteiger partial charge in [0.05, 0.1) is 5.92 Å². The number of carbonyl (C=O) groups excluding carboxylic acids is 2. The Labute approximate surface area is 145 Å². The number of phenols is 3. The van der Waals surface area contributed by atoms with Crippen LogP contribution in [0.4, 0.5) is 0 Å². The lowest BCUT2D eigenvalue weighted by molar-refractivity contribution is -0.139. The normalized spacial score (nSPS) is 17.3. The van der Waals surface area contributed by atoms with E-state index < -0.39 is 5.92 Å². The van der Waals surface area contributed by atoms with E-state index in [0.29, 0.717) is 18.5 Å². The molecular weight excluding hydrogens is 322 g/mol. The Morgan fingerprint density at radius 2 is 1.64 bits per heavy atom. The predicted octanol–water partition coefficient (Wildman–Crippen LogP) is 1.96. The number of rotatable bonds is 5. The maximum Gasteiger partial charge on any atom is 0.233 e. The molecule has 3 N–H and O–H groups in total. The molecule has 2 amide bonds. The summed E-state index contributed by atoms with van der Waals surface area (Å²) in [5.41, 5.74) is 1.46. The Morgan fingerprint density at radius 1 is 0.960 bits per heavy atom. The van der Waals surface area contributed by atoms with E-state index in [1.54, 1.807) is 30.3 Å². The highest BCUT2D eigenvalue weighted by Gasteiger charge is 2.38. The van der Waals surface area contributed by atoms with Crippen molar-refractivity contribution in [1.82, 2.24) is 4.90 Å². The van der Waals surface area contributed by atoms with Crippen LogP contribution in [0.1, 0.15) is 17.5 Å². The molecule has 1 atom stereocenters. The van der Waals surface area contributed by atoms with Crippen molar-refractivity contribution in [2.45, 2.75) is 19.3 Å². The van der Waals surface area contributed by atoms with Gasteiger partial charge in [0.25, 0.3) is 0 Å². The average molecular weight is 341 g/mol. The van der Waals surface area contributed by atoms with Gasteiger partial charge in [-0.25, -0.2) is 0 Å². The van der Waals surface area contributed by atoms with Gasteiger partial charge < -0.3 is 15.3 Å². The van der Waals surface area contributed by atoms with Crippen LogP contribution in [0.3, 0.4) is 0 Å². The van der Waals surface area contributed by atoms with Crippen molar-refractivity contribution < 1.29 is 24.9 Å². The van der Waals surface area contributed by atoms with E-state index in [2.05, 4.69) is 0 Å². The molecule has 2 aromatic carbocycles. The van der Waals surface area contributed by atoms with Crippen molar-refractivity contribution >= 4 is 11.8 Å². The molecule has 0 spiro atoms. The second-order valence-electron chi connectivity index (χ2n) is 6.22. The molecular formula is C19H19NO5. The van der Waals surface area contributed by atoms with Gasteiger partial charge in [-0.1, -0.05) is 18.2 Å². The Balaban J connectivity index is 1.64. The molecule has 25 heavy (non-hydrogen) atoms. The summed E-state index contributed by atoms with van der Waals surface area (Å²) in [4.78, 5) is 25.9. The fourth-order valence-corrected chi connectivity index (χ4v) is 3.04. The number of hydrogen-bond donors (Lipinski definition) is 3. The maximum absolute atomic E-state index is 12.5. The minimum absolute atomic E-state index is 0.0504. The molecule has 130 valence electrons. The summed E-state index contributed by atoms with van der Waals surface area (Å²) in [5, 5.41) is 28.5. The molecule has 3 rings (SSSR count). The molecule has 0 aliphatic carbocycles. The van der Waals surface area contributed by atoms with Crippen LogP contribution >= 0.6 is 0 Å². The molecule has 1 heterocycles. The maximum atomic E-state index is 12.5. The smallest absolute Gasteiger partial charge is 0.233 e. The van der Waals surface area contributed by atoms with Crippen molar-refractivity contribution in [2.75, 3.05) is 6.54 Å². The monoisotopic (exact) mass is 341 g/mol. The highest BCUT2D eigenvalue weighted by molar-refractivity contribution is 6.03. The van der Waals surface area contributed by atoms with E-state index >= 15 is 0 Å². The molecule has 0 radical (unpaired) electrons. The topological polar surface area (TPSA) is 98.1 Å². The van der Waals surface area contributed by atoms with Crippen LogP contribution in [0.5, 0.6) is 17.2 Å². The Hall–Kier alpha value is -3.02. The van der Waals surface area contributed by atoms with Crippen LogP contribution < -0.4 is 0 Å². The molecule has 2 aromatic rings. The number of carbonyl (C=O) groups is 2. The fraction of sp³-hybridized carbons (Fsp3) is 0.263. The van der Waals surface area contributed by atoms with Gasteiger partial charge in [0.15, 0.2) is 0 Å². The molecule has 0 aromatic heterocycles. The minimum Gasteiger partial charge on any atom is -0.508 e. The van der Waals surface area contributed by atoms with E-state index in [9.17, 15) is 24.9 Å². The molecule has 6 heteroatoms. The van der Waals surface area contributed by atoms with E-state index in [-0.39, 0.29) is 41.9 Å². The van der Waals surface area contributed by atoms with Crippen LogP contribution in [0.15, 0.2) is 42.5 Å². The summed E-state index contributed by atoms with van der Waals surface area (Å²) >= 11 is 0. The molecule has 0 bridgehead atoms. The zero-order valence-corrected chi connectivity index (χ0v) is 13.6. The first-order valence-corrected chi connectivity index (χ1v) is 8.07. The Kier molecular flexibility index (Phi) is 4.61. The Bertz CT molecular complexity index is 800. The number of hydrogen-bond acceptors (Lipinski definition) is 5. The van der Waals surface area contributed by atoms with Gasteiger partial charge in [-0.05, 0) is 42.2 Å². The lowest BCUT2D eigenvalue weighted by atomic mass is 9.97. The first-order valence-electron chi connectivity index (χ1n) is 8.07. The molecule has 6 nitrogen and oxygen atoms in total. The zero-order valence-electron chi connectivity index (χ0n) is 13.6. The van der Waals surface area contributed by atoms with Gasteiger partial charge in [0, 0.05) is 19.0 Å². The van der Waals surface area contributed by atoms with Crippen LogP contribution in [-0.2, 0) is 22.4 Å². The first kappa shape index (κ1) is 16.8. The van der Waals surface area contributed by atoms with Crippen molar-refractivity contribution in [3.05, 3.63) is 53.6 Å². The number of benzene rings is 2. The highest BCUT2D eigenvalue weighted by atomic mass is 16.3. The third-order valence-electron chi connectivity index (χ3n) is 4.43. The fourth-order valence-electron chi connectivity index (χ4n) is 3.04. The summed E-state index contributed by atoms with van der Waals surface area (Å²) in [7, 11) is 0. The van der Waals surface area contributed by atoms with Gasteiger partial charge >= 0.3 is 0 Å². The third kappa shape index (κ3) is 3.74. The summed E-state index contributed by atoms with van der Waals surface area (Å²) < 4.78 is 0. The van der Waals surface area contributed by atoms with Gasteiger partial charge in [0.2, 0.25) is 11.8 Å². The van der Waals surface area contributed by atoms with Gasteiger partial charge in [-0.15, -0.1) is 0 Å². The largest absolute Gasteiger partial charge is 0.508 e. The Morgan fingerprint density at radius 3 is 2.32 bits per heavy atom. The summed E-state index contributed by atoms with van der Waals surface area (Å²) in [6.45, 7) is 0.292. The number of imide groups is 1. The lowest BCUT2D eigenvalue weighted by Crippen LogP contribution is -2.33. The number of nitrogens with zero attached hydrogens (tertiary/aromatic N) is 1. The summed E-state index contributed by atoms with van der Waals surface area (Å²) in [6, 6.07) is 10.9. The van der Waals surface area contributed by atoms with Crippen molar-refractivity contribution in [1.29, 1.82) is 0 Å². The van der Waals surface area contributed by atoms with E-state index in [0.717, 1.165) is 5.56 Å². The van der Waals surface area contributed by atoms with Gasteiger partial charge in [-0.3, -0.25) is 14.5 Å². The van der Waals surface area contributed by atoms with Crippen molar-refractivity contribution in [2.24, 2.45) is 5.92 Å². The molecule has 0 saturated carbocycles. The molecule has 1 saturated heterocycles. The lowest BCUT2D eigenvalue weighted by Gasteiger charge is -2.15. The van der Waals surface area contributed by atoms with Crippen LogP contribution in [0.25, 0.3) is 0 Å². The number of likely N-dealkylation sites (tertiary alicyclic amines) is 1. The molecule has 1 fully saturated rings. The van der Waals surface area contributed by atoms with Gasteiger partial charge in [-0.2, -0.15) is 0 Å². The van der Waals surface area contributed by atoms with Crippen molar-refractivity contribution in [3.8, 4) is 17.2 Å². The first-order chi connectivity index (χ1) is 11.9. The second kappa shape index (κ2) is 6.84. The zero-order chi connectivity index (χ0) is 18.0. The minimum atomic E-state index is -0.497. The number of amides is 2. The quantitative estimate of drug-likeness (QED) is 0.722. The number of phenolic OH excluding ortho intramolecular Hbond substituents is 3. The predicted molar refractivity (Wildman–Crippen MR) is 90.1 cm³/mol. The van der Waals surface area contributed by atoms with E-state index in [4.69, 9.17) is 0 Å². The SMILES string of the molecule is O=C1CC(Cc2ccc(O)cc2O)C(=O)N1CCc1ccc(O)cc1. The van der Waals surface area contributed by atoms with Crippen LogP contribution in [0, 0.1) is 5.92 Å². The van der Waals surface area contributed by atoms with E-state index in [1.807, 2.05) is 0 Å². The summed E-state index contributed by atoms with van der Waals surface area (Å²) in [5.74, 6) is -0.912. The number of aromatic hydroxyl groups is 3. The molecule has 1 aliphatic heterocycles. The van der Waals surface area contributed by atoms with Crippen LogP contribution in [0.2, 0.25) is 0 Å². The summed E-state index contributed by atoms with van der Waals surface area (Å²) in [6.07, 6.45) is 0.899. The highest BCUT2D eigenvalue weighted by Crippen LogP contribution is 2.29. The van der Waals surface area contributed by atoms with E-state index in [1.165, 1.54) is 17.0 Å².